The molecule has 1 unspecified atom stereocenters. The Morgan fingerprint density at radius 3 is 2.89 bits per heavy atom. The van der Waals surface area contributed by atoms with Crippen molar-refractivity contribution in [2.24, 2.45) is 0 Å². The molecule has 0 aromatic heterocycles. The van der Waals surface area contributed by atoms with Crippen LogP contribution in [0.3, 0.4) is 0 Å². The van der Waals surface area contributed by atoms with E-state index in [1.165, 1.54) is 6.07 Å². The molecule has 0 bridgehead atoms. The normalized spacial score (nSPS) is 12.4. The van der Waals surface area contributed by atoms with E-state index in [1.807, 2.05) is 6.92 Å². The van der Waals surface area contributed by atoms with Gasteiger partial charge in [0, 0.05) is 4.47 Å². The standard InChI is InChI=1S/C14H21BrFNO/c1-3-8-17-9-4-5-11(2)18-14-10-12(15)6-7-13(14)16/h6-7,10-11,17H,3-5,8-9H2,1-2H3. The minimum atomic E-state index is -0.311. The van der Waals surface area contributed by atoms with E-state index in [1.54, 1.807) is 12.1 Å². The summed E-state index contributed by atoms with van der Waals surface area (Å²) in [6.45, 7) is 6.16. The molecule has 1 rings (SSSR count). The molecule has 0 aliphatic rings. The van der Waals surface area contributed by atoms with E-state index in [2.05, 4.69) is 28.2 Å². The molecule has 1 N–H and O–H groups in total. The highest BCUT2D eigenvalue weighted by Gasteiger charge is 2.08. The van der Waals surface area contributed by atoms with Crippen molar-refractivity contribution in [3.05, 3.63) is 28.5 Å². The SMILES string of the molecule is CCCNCCCC(C)Oc1cc(Br)ccc1F. The lowest BCUT2D eigenvalue weighted by Crippen LogP contribution is -2.19. The maximum atomic E-state index is 13.5. The molecule has 4 heteroatoms. The van der Waals surface area contributed by atoms with Gasteiger partial charge in [-0.1, -0.05) is 22.9 Å². The van der Waals surface area contributed by atoms with Gasteiger partial charge in [0.25, 0.3) is 0 Å². The first-order valence-corrected chi connectivity index (χ1v) is 7.25. The molecule has 1 aromatic rings. The molecule has 0 aliphatic heterocycles. The second-order valence-corrected chi connectivity index (χ2v) is 5.31. The quantitative estimate of drug-likeness (QED) is 0.728. The van der Waals surface area contributed by atoms with Crippen LogP contribution in [0.25, 0.3) is 0 Å². The van der Waals surface area contributed by atoms with E-state index in [4.69, 9.17) is 4.74 Å². The molecular weight excluding hydrogens is 297 g/mol. The van der Waals surface area contributed by atoms with E-state index in [9.17, 15) is 4.39 Å². The number of ether oxygens (including phenoxy) is 1. The Balaban J connectivity index is 2.30. The van der Waals surface area contributed by atoms with Gasteiger partial charge in [-0.25, -0.2) is 4.39 Å². The van der Waals surface area contributed by atoms with Crippen molar-refractivity contribution in [1.29, 1.82) is 0 Å². The van der Waals surface area contributed by atoms with Gasteiger partial charge in [-0.3, -0.25) is 0 Å². The van der Waals surface area contributed by atoms with Crippen LogP contribution < -0.4 is 10.1 Å². The minimum Gasteiger partial charge on any atom is -0.488 e. The number of halogens is 2. The van der Waals surface area contributed by atoms with E-state index in [0.717, 1.165) is 36.8 Å². The van der Waals surface area contributed by atoms with Crippen molar-refractivity contribution in [1.82, 2.24) is 5.32 Å². The van der Waals surface area contributed by atoms with Crippen molar-refractivity contribution in [3.63, 3.8) is 0 Å². The number of benzene rings is 1. The summed E-state index contributed by atoms with van der Waals surface area (Å²) in [6.07, 6.45) is 3.13. The smallest absolute Gasteiger partial charge is 0.165 e. The molecule has 0 aliphatic carbocycles. The van der Waals surface area contributed by atoms with Crippen LogP contribution >= 0.6 is 15.9 Å². The van der Waals surface area contributed by atoms with Crippen molar-refractivity contribution in [3.8, 4) is 5.75 Å². The first-order valence-electron chi connectivity index (χ1n) is 6.46. The fourth-order valence-corrected chi connectivity index (χ4v) is 2.00. The molecule has 102 valence electrons. The zero-order chi connectivity index (χ0) is 13.4. The van der Waals surface area contributed by atoms with Crippen molar-refractivity contribution in [2.45, 2.75) is 39.2 Å². The van der Waals surface area contributed by atoms with Crippen LogP contribution in [0.1, 0.15) is 33.1 Å². The molecule has 2 nitrogen and oxygen atoms in total. The van der Waals surface area contributed by atoms with E-state index < -0.39 is 0 Å². The third-order valence-corrected chi connectivity index (χ3v) is 3.11. The Morgan fingerprint density at radius 2 is 2.17 bits per heavy atom. The van der Waals surface area contributed by atoms with Gasteiger partial charge in [-0.2, -0.15) is 0 Å². The van der Waals surface area contributed by atoms with Crippen LogP contribution in [0.2, 0.25) is 0 Å². The van der Waals surface area contributed by atoms with Crippen LogP contribution in [0.4, 0.5) is 4.39 Å². The highest BCUT2D eigenvalue weighted by atomic mass is 79.9. The number of hydrogen-bond acceptors (Lipinski definition) is 2. The Labute approximate surface area is 117 Å². The van der Waals surface area contributed by atoms with Gasteiger partial charge in [0.1, 0.15) is 0 Å². The van der Waals surface area contributed by atoms with Gasteiger partial charge in [0.15, 0.2) is 11.6 Å². The number of nitrogens with one attached hydrogen (secondary N) is 1. The van der Waals surface area contributed by atoms with Crippen LogP contribution in [-0.4, -0.2) is 19.2 Å². The predicted molar refractivity (Wildman–Crippen MR) is 76.6 cm³/mol. The lowest BCUT2D eigenvalue weighted by Gasteiger charge is -2.15. The van der Waals surface area contributed by atoms with Crippen molar-refractivity contribution < 1.29 is 9.13 Å². The summed E-state index contributed by atoms with van der Waals surface area (Å²) in [5.74, 6) is 0.00699. The fraction of sp³-hybridized carbons (Fsp3) is 0.571. The molecule has 18 heavy (non-hydrogen) atoms. The summed E-state index contributed by atoms with van der Waals surface area (Å²) < 4.78 is 19.9. The monoisotopic (exact) mass is 317 g/mol. The van der Waals surface area contributed by atoms with E-state index >= 15 is 0 Å². The molecule has 0 fully saturated rings. The molecule has 1 aromatic carbocycles. The zero-order valence-electron chi connectivity index (χ0n) is 11.0. The summed E-state index contributed by atoms with van der Waals surface area (Å²) in [7, 11) is 0. The van der Waals surface area contributed by atoms with E-state index in [0.29, 0.717) is 5.75 Å². The Bertz CT molecular complexity index is 360. The molecule has 0 saturated heterocycles. The van der Waals surface area contributed by atoms with Crippen molar-refractivity contribution in [2.75, 3.05) is 13.1 Å². The summed E-state index contributed by atoms with van der Waals surface area (Å²) in [4.78, 5) is 0. The second kappa shape index (κ2) is 8.48. The highest BCUT2D eigenvalue weighted by molar-refractivity contribution is 9.10. The van der Waals surface area contributed by atoms with Gasteiger partial charge >= 0.3 is 0 Å². The first-order chi connectivity index (χ1) is 8.63. The molecule has 0 spiro atoms. The first kappa shape index (κ1) is 15.4. The fourth-order valence-electron chi connectivity index (χ4n) is 1.66. The summed E-state index contributed by atoms with van der Waals surface area (Å²) in [5, 5.41) is 3.34. The van der Waals surface area contributed by atoms with Gasteiger partial charge in [0.05, 0.1) is 6.10 Å². The third kappa shape index (κ3) is 5.83. The summed E-state index contributed by atoms with van der Waals surface area (Å²) >= 11 is 3.31. The molecule has 0 radical (unpaired) electrons. The molecule has 0 saturated carbocycles. The third-order valence-electron chi connectivity index (χ3n) is 2.61. The highest BCUT2D eigenvalue weighted by Crippen LogP contribution is 2.23. The van der Waals surface area contributed by atoms with E-state index in [-0.39, 0.29) is 11.9 Å². The largest absolute Gasteiger partial charge is 0.488 e. The average Bonchev–Trinajstić information content (AvgIpc) is 2.33. The Hall–Kier alpha value is -0.610. The van der Waals surface area contributed by atoms with Crippen LogP contribution in [0.5, 0.6) is 5.75 Å². The summed E-state index contributed by atoms with van der Waals surface area (Å²) in [6, 6.07) is 4.75. The zero-order valence-corrected chi connectivity index (χ0v) is 12.6. The lowest BCUT2D eigenvalue weighted by molar-refractivity contribution is 0.198. The number of hydrogen-bond donors (Lipinski definition) is 1. The molecule has 0 amide bonds. The van der Waals surface area contributed by atoms with Crippen molar-refractivity contribution >= 4 is 15.9 Å². The van der Waals surface area contributed by atoms with Crippen LogP contribution in [0.15, 0.2) is 22.7 Å². The minimum absolute atomic E-state index is 0.0252. The molecular formula is C14H21BrFNO. The topological polar surface area (TPSA) is 21.3 Å². The average molecular weight is 318 g/mol. The Morgan fingerprint density at radius 1 is 1.39 bits per heavy atom. The molecule has 1 atom stereocenters. The maximum absolute atomic E-state index is 13.5. The Kier molecular flexibility index (Phi) is 7.28. The van der Waals surface area contributed by atoms with Crippen LogP contribution in [0, 0.1) is 5.82 Å². The summed E-state index contributed by atoms with van der Waals surface area (Å²) in [5.41, 5.74) is 0. The van der Waals surface area contributed by atoms with Gasteiger partial charge in [0.2, 0.25) is 0 Å². The van der Waals surface area contributed by atoms with Gasteiger partial charge in [-0.05, 0) is 57.5 Å². The van der Waals surface area contributed by atoms with Gasteiger partial charge < -0.3 is 10.1 Å². The predicted octanol–water partition coefficient (Wildman–Crippen LogP) is 4.14. The van der Waals surface area contributed by atoms with Gasteiger partial charge in [-0.15, -0.1) is 0 Å². The molecule has 0 heterocycles. The lowest BCUT2D eigenvalue weighted by atomic mass is 10.2. The van der Waals surface area contributed by atoms with Crippen LogP contribution in [-0.2, 0) is 0 Å². The second-order valence-electron chi connectivity index (χ2n) is 4.40. The maximum Gasteiger partial charge on any atom is 0.165 e. The number of rotatable bonds is 8.